The number of hydrogen-bond donors (Lipinski definition) is 1. The molecule has 26 heavy (non-hydrogen) atoms. The molecule has 0 aliphatic rings. The van der Waals surface area contributed by atoms with Crippen molar-refractivity contribution >= 4 is 33.0 Å². The Balaban J connectivity index is 1.66. The second kappa shape index (κ2) is 7.48. The monoisotopic (exact) mass is 410 g/mol. The summed E-state index contributed by atoms with van der Waals surface area (Å²) < 4.78 is 28.9. The summed E-state index contributed by atoms with van der Waals surface area (Å²) in [7, 11) is -2.10. The van der Waals surface area contributed by atoms with Crippen molar-refractivity contribution in [1.82, 2.24) is 19.5 Å². The van der Waals surface area contributed by atoms with Gasteiger partial charge in [-0.3, -0.25) is 4.68 Å². The van der Waals surface area contributed by atoms with Crippen molar-refractivity contribution in [3.8, 4) is 10.6 Å². The Morgan fingerprint density at radius 1 is 1.23 bits per heavy atom. The lowest BCUT2D eigenvalue weighted by Crippen LogP contribution is -2.26. The molecule has 0 saturated carbocycles. The van der Waals surface area contributed by atoms with Crippen LogP contribution in [0.4, 0.5) is 0 Å². The summed E-state index contributed by atoms with van der Waals surface area (Å²) in [6.45, 7) is 3.90. The molecule has 3 rings (SSSR count). The minimum Gasteiger partial charge on any atom is -0.255 e. The number of aryl methyl sites for hydroxylation is 3. The molecule has 1 aromatic carbocycles. The third-order valence-electron chi connectivity index (χ3n) is 3.89. The number of nitrogens with zero attached hydrogens (tertiary/aromatic N) is 3. The van der Waals surface area contributed by atoms with Gasteiger partial charge in [-0.1, -0.05) is 41.4 Å². The fourth-order valence-electron chi connectivity index (χ4n) is 2.55. The topological polar surface area (TPSA) is 76.9 Å². The summed E-state index contributed by atoms with van der Waals surface area (Å²) in [5, 5.41) is 7.02. The smallest absolute Gasteiger partial charge is 0.245 e. The van der Waals surface area contributed by atoms with Gasteiger partial charge in [0.15, 0.2) is 0 Å². The molecule has 2 aromatic heterocycles. The predicted molar refractivity (Wildman–Crippen MR) is 104 cm³/mol. The Morgan fingerprint density at radius 3 is 2.54 bits per heavy atom. The van der Waals surface area contributed by atoms with E-state index in [-0.39, 0.29) is 16.6 Å². The number of sulfonamides is 1. The SMILES string of the molecule is Cc1ccc(-c2nc(CCNS(=O)(=O)c3c(C)nn(C)c3Cl)cs2)cc1. The van der Waals surface area contributed by atoms with Gasteiger partial charge in [-0.2, -0.15) is 5.10 Å². The van der Waals surface area contributed by atoms with E-state index in [1.54, 1.807) is 25.3 Å². The van der Waals surface area contributed by atoms with E-state index < -0.39 is 10.0 Å². The lowest BCUT2D eigenvalue weighted by molar-refractivity contribution is 0.580. The van der Waals surface area contributed by atoms with Crippen LogP contribution in [0.3, 0.4) is 0 Å². The fraction of sp³-hybridized carbons (Fsp3) is 0.294. The van der Waals surface area contributed by atoms with E-state index in [4.69, 9.17) is 11.6 Å². The molecule has 9 heteroatoms. The molecule has 1 N–H and O–H groups in total. The van der Waals surface area contributed by atoms with Gasteiger partial charge in [0.2, 0.25) is 10.0 Å². The van der Waals surface area contributed by atoms with Crippen LogP contribution in [0, 0.1) is 13.8 Å². The molecule has 0 saturated heterocycles. The van der Waals surface area contributed by atoms with Crippen LogP contribution in [0.5, 0.6) is 0 Å². The van der Waals surface area contributed by atoms with Crippen molar-refractivity contribution in [3.05, 3.63) is 51.7 Å². The van der Waals surface area contributed by atoms with Crippen LogP contribution in [0.1, 0.15) is 17.0 Å². The quantitative estimate of drug-likeness (QED) is 0.676. The first-order valence-corrected chi connectivity index (χ1v) is 10.7. The molecule has 0 fully saturated rings. The van der Waals surface area contributed by atoms with Gasteiger partial charge in [0, 0.05) is 31.0 Å². The van der Waals surface area contributed by atoms with Crippen LogP contribution in [0.25, 0.3) is 10.6 Å². The Bertz CT molecular complexity index is 1020. The van der Waals surface area contributed by atoms with E-state index in [0.717, 1.165) is 16.3 Å². The summed E-state index contributed by atoms with van der Waals surface area (Å²) in [4.78, 5) is 4.61. The number of aromatic nitrogens is 3. The zero-order chi connectivity index (χ0) is 18.9. The highest BCUT2D eigenvalue weighted by Crippen LogP contribution is 2.25. The largest absolute Gasteiger partial charge is 0.255 e. The summed E-state index contributed by atoms with van der Waals surface area (Å²) in [6, 6.07) is 8.16. The Hall–Kier alpha value is -1.74. The van der Waals surface area contributed by atoms with Crippen molar-refractivity contribution in [2.45, 2.75) is 25.2 Å². The standard InChI is InChI=1S/C17H19ClN4O2S2/c1-11-4-6-13(7-5-11)17-20-14(10-25-17)8-9-19-26(23,24)15-12(2)21-22(3)16(15)18/h4-7,10,19H,8-9H2,1-3H3. The molecule has 0 aliphatic carbocycles. The van der Waals surface area contributed by atoms with Gasteiger partial charge in [-0.25, -0.2) is 18.1 Å². The minimum absolute atomic E-state index is 0.0280. The van der Waals surface area contributed by atoms with Gasteiger partial charge in [0.25, 0.3) is 0 Å². The second-order valence-electron chi connectivity index (χ2n) is 5.99. The highest BCUT2D eigenvalue weighted by atomic mass is 35.5. The molecular formula is C17H19ClN4O2S2. The third-order valence-corrected chi connectivity index (χ3v) is 6.99. The van der Waals surface area contributed by atoms with E-state index in [9.17, 15) is 8.42 Å². The van der Waals surface area contributed by atoms with Gasteiger partial charge >= 0.3 is 0 Å². The number of benzene rings is 1. The van der Waals surface area contributed by atoms with Crippen molar-refractivity contribution in [3.63, 3.8) is 0 Å². The summed E-state index contributed by atoms with van der Waals surface area (Å²) >= 11 is 7.60. The predicted octanol–water partition coefficient (Wildman–Crippen LogP) is 3.33. The van der Waals surface area contributed by atoms with E-state index >= 15 is 0 Å². The molecular weight excluding hydrogens is 392 g/mol. The molecule has 0 unspecified atom stereocenters. The minimum atomic E-state index is -3.71. The van der Waals surface area contributed by atoms with E-state index in [1.807, 2.05) is 36.6 Å². The first-order valence-electron chi connectivity index (χ1n) is 7.98. The van der Waals surface area contributed by atoms with Crippen molar-refractivity contribution in [2.75, 3.05) is 6.54 Å². The van der Waals surface area contributed by atoms with Gasteiger partial charge in [0.1, 0.15) is 15.1 Å². The number of thiazole rings is 1. The molecule has 0 bridgehead atoms. The highest BCUT2D eigenvalue weighted by Gasteiger charge is 2.24. The van der Waals surface area contributed by atoms with E-state index in [0.29, 0.717) is 12.1 Å². The van der Waals surface area contributed by atoms with Crippen LogP contribution in [-0.2, 0) is 23.5 Å². The lowest BCUT2D eigenvalue weighted by Gasteiger charge is -2.05. The molecule has 2 heterocycles. The molecule has 0 atom stereocenters. The molecule has 0 spiro atoms. The van der Waals surface area contributed by atoms with Crippen molar-refractivity contribution in [1.29, 1.82) is 0 Å². The maximum Gasteiger partial charge on any atom is 0.245 e. The maximum absolute atomic E-state index is 12.5. The Morgan fingerprint density at radius 2 is 1.92 bits per heavy atom. The van der Waals surface area contributed by atoms with Crippen LogP contribution in [0.15, 0.2) is 34.5 Å². The average Bonchev–Trinajstić information content (AvgIpc) is 3.13. The number of rotatable bonds is 6. The first-order chi connectivity index (χ1) is 12.3. The van der Waals surface area contributed by atoms with Gasteiger partial charge in [-0.05, 0) is 13.8 Å². The summed E-state index contributed by atoms with van der Waals surface area (Å²) in [5.74, 6) is 0. The third kappa shape index (κ3) is 3.98. The average molecular weight is 411 g/mol. The van der Waals surface area contributed by atoms with Crippen LogP contribution < -0.4 is 4.72 Å². The van der Waals surface area contributed by atoms with E-state index in [2.05, 4.69) is 14.8 Å². The number of hydrogen-bond acceptors (Lipinski definition) is 5. The highest BCUT2D eigenvalue weighted by molar-refractivity contribution is 7.89. The summed E-state index contributed by atoms with van der Waals surface area (Å²) in [6.07, 6.45) is 0.499. The summed E-state index contributed by atoms with van der Waals surface area (Å²) in [5.41, 5.74) is 3.48. The normalized spacial score (nSPS) is 11.8. The zero-order valence-electron chi connectivity index (χ0n) is 14.7. The lowest BCUT2D eigenvalue weighted by atomic mass is 10.2. The maximum atomic E-state index is 12.5. The van der Waals surface area contributed by atoms with Crippen molar-refractivity contribution < 1.29 is 8.42 Å². The molecule has 138 valence electrons. The molecule has 3 aromatic rings. The first kappa shape index (κ1) is 19.0. The molecule has 6 nitrogen and oxygen atoms in total. The fourth-order valence-corrected chi connectivity index (χ4v) is 5.19. The number of halogens is 1. The van der Waals surface area contributed by atoms with E-state index in [1.165, 1.54) is 10.2 Å². The van der Waals surface area contributed by atoms with Crippen LogP contribution in [0.2, 0.25) is 5.15 Å². The van der Waals surface area contributed by atoms with Crippen LogP contribution >= 0.6 is 22.9 Å². The second-order valence-corrected chi connectivity index (χ2v) is 8.91. The van der Waals surface area contributed by atoms with Crippen molar-refractivity contribution in [2.24, 2.45) is 7.05 Å². The van der Waals surface area contributed by atoms with Crippen LogP contribution in [-0.4, -0.2) is 29.7 Å². The molecule has 0 aliphatic heterocycles. The molecule has 0 amide bonds. The zero-order valence-corrected chi connectivity index (χ0v) is 17.0. The number of nitrogens with one attached hydrogen (secondary N) is 1. The van der Waals surface area contributed by atoms with Gasteiger partial charge in [-0.15, -0.1) is 11.3 Å². The molecule has 0 radical (unpaired) electrons. The van der Waals surface area contributed by atoms with Gasteiger partial charge in [0.05, 0.1) is 11.4 Å². The Labute approximate surface area is 161 Å². The Kier molecular flexibility index (Phi) is 5.47. The van der Waals surface area contributed by atoms with Gasteiger partial charge < -0.3 is 0 Å².